The Balaban J connectivity index is 2.03. The highest BCUT2D eigenvalue weighted by atomic mass is 16.6. The fourth-order valence-electron chi connectivity index (χ4n) is 2.07. The Bertz CT molecular complexity index is 491. The molecule has 1 saturated carbocycles. The summed E-state index contributed by atoms with van der Waals surface area (Å²) in [5.74, 6) is 0.481. The van der Waals surface area contributed by atoms with E-state index in [0.717, 1.165) is 17.7 Å². The maximum atomic E-state index is 11.7. The van der Waals surface area contributed by atoms with Crippen LogP contribution in [0, 0.1) is 6.92 Å². The second-order valence-corrected chi connectivity index (χ2v) is 6.21. The van der Waals surface area contributed by atoms with Gasteiger partial charge in [-0.2, -0.15) is 0 Å². The molecule has 1 fully saturated rings. The minimum absolute atomic E-state index is 0.295. The van der Waals surface area contributed by atoms with Gasteiger partial charge >= 0.3 is 6.09 Å². The number of carbonyl (C=O) groups excluding carboxylic acids is 1. The quantitative estimate of drug-likeness (QED) is 0.860. The van der Waals surface area contributed by atoms with Gasteiger partial charge in [0.2, 0.25) is 0 Å². The number of ether oxygens (including phenoxy) is 1. The molecule has 104 valence electrons. The molecule has 0 spiro atoms. The van der Waals surface area contributed by atoms with E-state index in [2.05, 4.69) is 11.4 Å². The molecule has 0 heterocycles. The van der Waals surface area contributed by atoms with Gasteiger partial charge in [-0.05, 0) is 51.3 Å². The van der Waals surface area contributed by atoms with E-state index in [-0.39, 0.29) is 0 Å². The number of nitrogens with one attached hydrogen (secondary N) is 1. The molecule has 1 aromatic rings. The van der Waals surface area contributed by atoms with E-state index >= 15 is 0 Å². The van der Waals surface area contributed by atoms with E-state index in [1.165, 1.54) is 5.56 Å². The predicted molar refractivity (Wildman–Crippen MR) is 76.4 cm³/mol. The van der Waals surface area contributed by atoms with Crippen molar-refractivity contribution in [2.24, 2.45) is 5.73 Å². The minimum atomic E-state index is -0.487. The van der Waals surface area contributed by atoms with E-state index in [1.807, 2.05) is 39.8 Å². The van der Waals surface area contributed by atoms with Crippen molar-refractivity contribution < 1.29 is 9.53 Å². The van der Waals surface area contributed by atoms with Gasteiger partial charge in [-0.1, -0.05) is 12.1 Å². The van der Waals surface area contributed by atoms with Crippen LogP contribution in [0.1, 0.15) is 44.2 Å². The molecule has 4 heteroatoms. The lowest BCUT2D eigenvalue weighted by Crippen LogP contribution is -2.27. The largest absolute Gasteiger partial charge is 0.444 e. The molecule has 4 nitrogen and oxygen atoms in total. The lowest BCUT2D eigenvalue weighted by molar-refractivity contribution is 0.0636. The summed E-state index contributed by atoms with van der Waals surface area (Å²) >= 11 is 0. The van der Waals surface area contributed by atoms with Crippen molar-refractivity contribution in [2.45, 2.75) is 51.7 Å². The van der Waals surface area contributed by atoms with Crippen molar-refractivity contribution in [3.8, 4) is 0 Å². The van der Waals surface area contributed by atoms with Crippen LogP contribution >= 0.6 is 0 Å². The Morgan fingerprint density at radius 3 is 2.53 bits per heavy atom. The van der Waals surface area contributed by atoms with Gasteiger partial charge in [-0.25, -0.2) is 4.79 Å². The monoisotopic (exact) mass is 262 g/mol. The van der Waals surface area contributed by atoms with E-state index in [0.29, 0.717) is 12.0 Å². The van der Waals surface area contributed by atoms with Crippen LogP contribution in [0.15, 0.2) is 18.2 Å². The first-order valence-electron chi connectivity index (χ1n) is 6.62. The van der Waals surface area contributed by atoms with Gasteiger partial charge < -0.3 is 10.5 Å². The lowest BCUT2D eigenvalue weighted by atomic mass is 10.1. The van der Waals surface area contributed by atoms with Gasteiger partial charge in [0.25, 0.3) is 0 Å². The van der Waals surface area contributed by atoms with Crippen molar-refractivity contribution in [1.29, 1.82) is 0 Å². The summed E-state index contributed by atoms with van der Waals surface area (Å²) in [6.45, 7) is 7.51. The van der Waals surface area contributed by atoms with Crippen LogP contribution in [0.3, 0.4) is 0 Å². The van der Waals surface area contributed by atoms with Crippen molar-refractivity contribution in [3.63, 3.8) is 0 Å². The molecule has 0 saturated heterocycles. The molecule has 1 aliphatic rings. The third-order valence-electron chi connectivity index (χ3n) is 3.15. The number of carbonyl (C=O) groups is 1. The molecule has 1 amide bonds. The van der Waals surface area contributed by atoms with E-state index in [1.54, 1.807) is 0 Å². The van der Waals surface area contributed by atoms with Gasteiger partial charge in [-0.15, -0.1) is 0 Å². The number of anilines is 1. The maximum Gasteiger partial charge on any atom is 0.412 e. The predicted octanol–water partition coefficient (Wildman–Crippen LogP) is 3.16. The van der Waals surface area contributed by atoms with Gasteiger partial charge in [0.15, 0.2) is 0 Å². The van der Waals surface area contributed by atoms with Crippen molar-refractivity contribution >= 4 is 11.8 Å². The molecule has 2 unspecified atom stereocenters. The Kier molecular flexibility index (Phi) is 3.54. The average molecular weight is 262 g/mol. The molecule has 19 heavy (non-hydrogen) atoms. The molecular weight excluding hydrogens is 240 g/mol. The SMILES string of the molecule is Cc1cc(C2CC2N)ccc1NC(=O)OC(C)(C)C. The number of amides is 1. The molecule has 0 aliphatic heterocycles. The van der Waals surface area contributed by atoms with E-state index in [4.69, 9.17) is 10.5 Å². The number of hydrogen-bond acceptors (Lipinski definition) is 3. The summed E-state index contributed by atoms with van der Waals surface area (Å²) in [4.78, 5) is 11.7. The van der Waals surface area contributed by atoms with Gasteiger partial charge in [-0.3, -0.25) is 5.32 Å². The maximum absolute atomic E-state index is 11.7. The molecule has 2 atom stereocenters. The van der Waals surface area contributed by atoms with Gasteiger partial charge in [0, 0.05) is 17.6 Å². The summed E-state index contributed by atoms with van der Waals surface area (Å²) in [7, 11) is 0. The van der Waals surface area contributed by atoms with Crippen LogP contribution in [0.4, 0.5) is 10.5 Å². The summed E-state index contributed by atoms with van der Waals surface area (Å²) in [5, 5.41) is 2.77. The zero-order valence-electron chi connectivity index (χ0n) is 12.0. The topological polar surface area (TPSA) is 64.3 Å². The highest BCUT2D eigenvalue weighted by molar-refractivity contribution is 5.86. The molecule has 1 aromatic carbocycles. The summed E-state index contributed by atoms with van der Waals surface area (Å²) in [6, 6.07) is 6.32. The molecule has 2 rings (SSSR count). The standard InChI is InChI=1S/C15H22N2O2/c1-9-7-10(11-8-12(11)16)5-6-13(9)17-14(18)19-15(2,3)4/h5-7,11-12H,8,16H2,1-4H3,(H,17,18). The van der Waals surface area contributed by atoms with Crippen LogP contribution in [0.2, 0.25) is 0 Å². The fraction of sp³-hybridized carbons (Fsp3) is 0.533. The molecule has 0 radical (unpaired) electrons. The van der Waals surface area contributed by atoms with Crippen LogP contribution in [-0.2, 0) is 4.74 Å². The zero-order chi connectivity index (χ0) is 14.2. The normalized spacial score (nSPS) is 21.9. The first-order chi connectivity index (χ1) is 8.76. The van der Waals surface area contributed by atoms with Gasteiger partial charge in [0.1, 0.15) is 5.60 Å². The Morgan fingerprint density at radius 1 is 1.42 bits per heavy atom. The fourth-order valence-corrected chi connectivity index (χ4v) is 2.07. The molecule has 0 aromatic heterocycles. The summed E-state index contributed by atoms with van der Waals surface area (Å²) in [6.07, 6.45) is 0.629. The lowest BCUT2D eigenvalue weighted by Gasteiger charge is -2.20. The Labute approximate surface area is 114 Å². The molecule has 0 bridgehead atoms. The Morgan fingerprint density at radius 2 is 2.05 bits per heavy atom. The van der Waals surface area contributed by atoms with E-state index < -0.39 is 11.7 Å². The molecular formula is C15H22N2O2. The highest BCUT2D eigenvalue weighted by Crippen LogP contribution is 2.39. The van der Waals surface area contributed by atoms with Crippen LogP contribution in [0.5, 0.6) is 0 Å². The highest BCUT2D eigenvalue weighted by Gasteiger charge is 2.34. The third-order valence-corrected chi connectivity index (χ3v) is 3.15. The number of aryl methyl sites for hydroxylation is 1. The van der Waals surface area contributed by atoms with Crippen LogP contribution in [-0.4, -0.2) is 17.7 Å². The zero-order valence-corrected chi connectivity index (χ0v) is 12.0. The van der Waals surface area contributed by atoms with Crippen molar-refractivity contribution in [2.75, 3.05) is 5.32 Å². The van der Waals surface area contributed by atoms with Crippen molar-refractivity contribution in [1.82, 2.24) is 0 Å². The smallest absolute Gasteiger partial charge is 0.412 e. The van der Waals surface area contributed by atoms with E-state index in [9.17, 15) is 4.79 Å². The second kappa shape index (κ2) is 4.85. The first kappa shape index (κ1) is 13.9. The summed E-state index contributed by atoms with van der Waals surface area (Å²) in [5.41, 5.74) is 8.42. The van der Waals surface area contributed by atoms with Crippen molar-refractivity contribution in [3.05, 3.63) is 29.3 Å². The average Bonchev–Trinajstić information content (AvgIpc) is 2.96. The molecule has 1 aliphatic carbocycles. The minimum Gasteiger partial charge on any atom is -0.444 e. The first-order valence-corrected chi connectivity index (χ1v) is 6.62. The second-order valence-electron chi connectivity index (χ2n) is 6.21. The number of rotatable bonds is 2. The Hall–Kier alpha value is -1.55. The number of benzene rings is 1. The molecule has 3 N–H and O–H groups in total. The van der Waals surface area contributed by atoms with Gasteiger partial charge in [0.05, 0.1) is 0 Å². The summed E-state index contributed by atoms with van der Waals surface area (Å²) < 4.78 is 5.23. The number of hydrogen-bond donors (Lipinski definition) is 2. The number of nitrogens with two attached hydrogens (primary N) is 1. The van der Waals surface area contributed by atoms with Crippen LogP contribution in [0.25, 0.3) is 0 Å². The van der Waals surface area contributed by atoms with Crippen LogP contribution < -0.4 is 11.1 Å². The third kappa shape index (κ3) is 3.70.